The quantitative estimate of drug-likeness (QED) is 0.808. The molecule has 116 valence electrons. The molecule has 5 heteroatoms. The van der Waals surface area contributed by atoms with E-state index in [2.05, 4.69) is 21.6 Å². The second-order valence-corrected chi connectivity index (χ2v) is 5.33. The Hall–Kier alpha value is -1.59. The fourth-order valence-electron chi connectivity index (χ4n) is 2.49. The molecule has 0 atom stereocenters. The van der Waals surface area contributed by atoms with Gasteiger partial charge in [-0.2, -0.15) is 0 Å². The predicted octanol–water partition coefficient (Wildman–Crippen LogP) is 0.649. The molecule has 0 radical (unpaired) electrons. The average Bonchev–Trinajstić information content (AvgIpc) is 2.76. The lowest BCUT2D eigenvalue weighted by Crippen LogP contribution is -2.39. The van der Waals surface area contributed by atoms with E-state index in [1.807, 2.05) is 18.2 Å². The lowest BCUT2D eigenvalue weighted by Gasteiger charge is -2.18. The standard InChI is InChI=1S/C16H25N3O2/c1-21-15-5-2-4-14(12-15)6-8-18-16(20)13-19-10-3-7-17-9-11-19/h2,4-5,12,17H,3,6-11,13H2,1H3,(H,18,20). The fourth-order valence-corrected chi connectivity index (χ4v) is 2.49. The molecular weight excluding hydrogens is 266 g/mol. The number of rotatable bonds is 6. The number of nitrogens with zero attached hydrogens (tertiary/aromatic N) is 1. The van der Waals surface area contributed by atoms with Gasteiger partial charge in [0.05, 0.1) is 13.7 Å². The van der Waals surface area contributed by atoms with Crippen LogP contribution in [-0.2, 0) is 11.2 Å². The summed E-state index contributed by atoms with van der Waals surface area (Å²) in [6.07, 6.45) is 1.93. The average molecular weight is 291 g/mol. The lowest BCUT2D eigenvalue weighted by atomic mass is 10.1. The van der Waals surface area contributed by atoms with Crippen molar-refractivity contribution in [1.82, 2.24) is 15.5 Å². The molecule has 1 aliphatic heterocycles. The maximum atomic E-state index is 11.9. The second kappa shape index (κ2) is 8.64. The molecule has 1 aromatic carbocycles. The van der Waals surface area contributed by atoms with Gasteiger partial charge in [0, 0.05) is 19.6 Å². The van der Waals surface area contributed by atoms with Crippen molar-refractivity contribution in [1.29, 1.82) is 0 Å². The summed E-state index contributed by atoms with van der Waals surface area (Å²) in [5.41, 5.74) is 1.17. The Bertz CT molecular complexity index is 443. The van der Waals surface area contributed by atoms with E-state index in [1.54, 1.807) is 7.11 Å². The van der Waals surface area contributed by atoms with Gasteiger partial charge in [-0.1, -0.05) is 12.1 Å². The number of hydrogen-bond donors (Lipinski definition) is 2. The van der Waals surface area contributed by atoms with Gasteiger partial charge in [0.2, 0.25) is 5.91 Å². The molecule has 0 aromatic heterocycles. The van der Waals surface area contributed by atoms with E-state index in [4.69, 9.17) is 4.74 Å². The van der Waals surface area contributed by atoms with Crippen LogP contribution in [0.5, 0.6) is 5.75 Å². The molecule has 0 unspecified atom stereocenters. The van der Waals surface area contributed by atoms with E-state index in [0.29, 0.717) is 13.1 Å². The molecule has 1 fully saturated rings. The first-order valence-electron chi connectivity index (χ1n) is 7.60. The van der Waals surface area contributed by atoms with Crippen molar-refractivity contribution in [3.8, 4) is 5.75 Å². The highest BCUT2D eigenvalue weighted by Gasteiger charge is 2.12. The summed E-state index contributed by atoms with van der Waals surface area (Å²) in [5, 5.41) is 6.34. The van der Waals surface area contributed by atoms with Crippen molar-refractivity contribution in [2.45, 2.75) is 12.8 Å². The van der Waals surface area contributed by atoms with E-state index in [9.17, 15) is 4.79 Å². The van der Waals surface area contributed by atoms with Crippen LogP contribution >= 0.6 is 0 Å². The Kier molecular flexibility index (Phi) is 6.50. The molecule has 21 heavy (non-hydrogen) atoms. The molecule has 1 aliphatic rings. The van der Waals surface area contributed by atoms with Crippen molar-refractivity contribution < 1.29 is 9.53 Å². The van der Waals surface area contributed by atoms with Crippen molar-refractivity contribution in [3.63, 3.8) is 0 Å². The number of carbonyl (C=O) groups is 1. The molecule has 2 N–H and O–H groups in total. The first-order valence-corrected chi connectivity index (χ1v) is 7.60. The maximum absolute atomic E-state index is 11.9. The predicted molar refractivity (Wildman–Crippen MR) is 83.6 cm³/mol. The van der Waals surface area contributed by atoms with Crippen molar-refractivity contribution in [2.24, 2.45) is 0 Å². The molecule has 2 rings (SSSR count). The number of carbonyl (C=O) groups excluding carboxylic acids is 1. The molecule has 1 heterocycles. The highest BCUT2D eigenvalue weighted by Crippen LogP contribution is 2.12. The number of nitrogens with one attached hydrogen (secondary N) is 2. The number of benzene rings is 1. The van der Waals surface area contributed by atoms with Gasteiger partial charge in [0.25, 0.3) is 0 Å². The molecule has 5 nitrogen and oxygen atoms in total. The summed E-state index contributed by atoms with van der Waals surface area (Å²) in [5.74, 6) is 0.968. The zero-order valence-corrected chi connectivity index (χ0v) is 12.7. The molecule has 1 saturated heterocycles. The van der Waals surface area contributed by atoms with Gasteiger partial charge in [-0.25, -0.2) is 0 Å². The topological polar surface area (TPSA) is 53.6 Å². The molecule has 1 aromatic rings. The number of ether oxygens (including phenoxy) is 1. The van der Waals surface area contributed by atoms with Gasteiger partial charge in [0.15, 0.2) is 0 Å². The SMILES string of the molecule is COc1cccc(CCNC(=O)CN2CCCNCC2)c1. The van der Waals surface area contributed by atoms with Crippen LogP contribution in [0.4, 0.5) is 0 Å². The molecule has 0 spiro atoms. The zero-order chi connectivity index (χ0) is 14.9. The van der Waals surface area contributed by atoms with Gasteiger partial charge < -0.3 is 15.4 Å². The lowest BCUT2D eigenvalue weighted by molar-refractivity contribution is -0.122. The largest absolute Gasteiger partial charge is 0.497 e. The summed E-state index contributed by atoms with van der Waals surface area (Å²) in [6.45, 7) is 5.13. The summed E-state index contributed by atoms with van der Waals surface area (Å²) in [7, 11) is 1.66. The third-order valence-electron chi connectivity index (χ3n) is 3.67. The van der Waals surface area contributed by atoms with E-state index in [-0.39, 0.29) is 5.91 Å². The van der Waals surface area contributed by atoms with Crippen LogP contribution in [0.3, 0.4) is 0 Å². The van der Waals surface area contributed by atoms with Gasteiger partial charge in [-0.3, -0.25) is 9.69 Å². The number of methoxy groups -OCH3 is 1. The van der Waals surface area contributed by atoms with Gasteiger partial charge in [-0.15, -0.1) is 0 Å². The number of amides is 1. The smallest absolute Gasteiger partial charge is 0.234 e. The summed E-state index contributed by atoms with van der Waals surface area (Å²) in [4.78, 5) is 14.1. The molecule has 0 aliphatic carbocycles. The molecule has 0 saturated carbocycles. The Balaban J connectivity index is 1.68. The second-order valence-electron chi connectivity index (χ2n) is 5.33. The third-order valence-corrected chi connectivity index (χ3v) is 3.67. The molecule has 1 amide bonds. The first kappa shape index (κ1) is 15.8. The maximum Gasteiger partial charge on any atom is 0.234 e. The summed E-state index contributed by atoms with van der Waals surface area (Å²) < 4.78 is 5.19. The Morgan fingerprint density at radius 1 is 1.38 bits per heavy atom. The zero-order valence-electron chi connectivity index (χ0n) is 12.7. The van der Waals surface area contributed by atoms with E-state index >= 15 is 0 Å². The molecular formula is C16H25N3O2. The highest BCUT2D eigenvalue weighted by molar-refractivity contribution is 5.78. The van der Waals surface area contributed by atoms with Crippen LogP contribution in [0.2, 0.25) is 0 Å². The minimum atomic E-state index is 0.111. The Morgan fingerprint density at radius 3 is 3.14 bits per heavy atom. The third kappa shape index (κ3) is 5.73. The summed E-state index contributed by atoms with van der Waals surface area (Å²) in [6, 6.07) is 7.96. The fraction of sp³-hybridized carbons (Fsp3) is 0.562. The minimum Gasteiger partial charge on any atom is -0.497 e. The number of hydrogen-bond acceptors (Lipinski definition) is 4. The van der Waals surface area contributed by atoms with Crippen LogP contribution < -0.4 is 15.4 Å². The van der Waals surface area contributed by atoms with Crippen LogP contribution in [0.15, 0.2) is 24.3 Å². The molecule has 0 bridgehead atoms. The van der Waals surface area contributed by atoms with Gasteiger partial charge in [-0.05, 0) is 43.6 Å². The minimum absolute atomic E-state index is 0.111. The normalized spacial score (nSPS) is 16.2. The first-order chi connectivity index (χ1) is 10.3. The van der Waals surface area contributed by atoms with Gasteiger partial charge in [0.1, 0.15) is 5.75 Å². The Morgan fingerprint density at radius 2 is 2.29 bits per heavy atom. The van der Waals surface area contributed by atoms with Crippen LogP contribution in [0, 0.1) is 0 Å². The van der Waals surface area contributed by atoms with E-state index < -0.39 is 0 Å². The summed E-state index contributed by atoms with van der Waals surface area (Å²) >= 11 is 0. The highest BCUT2D eigenvalue weighted by atomic mass is 16.5. The van der Waals surface area contributed by atoms with Crippen LogP contribution in [0.25, 0.3) is 0 Å². The van der Waals surface area contributed by atoms with Crippen molar-refractivity contribution in [2.75, 3.05) is 46.4 Å². The van der Waals surface area contributed by atoms with Crippen molar-refractivity contribution >= 4 is 5.91 Å². The Labute approximate surface area is 126 Å². The van der Waals surface area contributed by atoms with Crippen LogP contribution in [-0.4, -0.2) is 57.2 Å². The van der Waals surface area contributed by atoms with Crippen LogP contribution in [0.1, 0.15) is 12.0 Å². The van der Waals surface area contributed by atoms with Crippen molar-refractivity contribution in [3.05, 3.63) is 29.8 Å². The van der Waals surface area contributed by atoms with Gasteiger partial charge >= 0.3 is 0 Å². The monoisotopic (exact) mass is 291 g/mol. The van der Waals surface area contributed by atoms with E-state index in [0.717, 1.165) is 44.8 Å². The van der Waals surface area contributed by atoms with E-state index in [1.165, 1.54) is 5.56 Å².